The van der Waals surface area contributed by atoms with Crippen LogP contribution in [-0.4, -0.2) is 29.9 Å². The van der Waals surface area contributed by atoms with E-state index in [0.29, 0.717) is 9.13 Å². The first-order valence-electron chi connectivity index (χ1n) is 7.64. The van der Waals surface area contributed by atoms with Crippen molar-refractivity contribution in [2.75, 3.05) is 13.1 Å². The lowest BCUT2D eigenvalue weighted by molar-refractivity contribution is 0.0936. The molecule has 1 aliphatic heterocycles. The number of hydrogen-bond acceptors (Lipinski definition) is 2. The van der Waals surface area contributed by atoms with Crippen LogP contribution in [0.15, 0.2) is 48.5 Å². The fraction of sp³-hybridized carbons (Fsp3) is 0.278. The molecule has 1 saturated heterocycles. The van der Waals surface area contributed by atoms with Crippen molar-refractivity contribution in [3.05, 3.63) is 69.0 Å². The van der Waals surface area contributed by atoms with Gasteiger partial charge in [-0.05, 0) is 52.8 Å². The minimum atomic E-state index is -0.319. The highest BCUT2D eigenvalue weighted by Gasteiger charge is 2.24. The monoisotopic (exact) mass is 424 g/mol. The second kappa shape index (κ2) is 7.40. The van der Waals surface area contributed by atoms with Crippen LogP contribution in [0.3, 0.4) is 0 Å². The number of carbonyl (C=O) groups is 1. The summed E-state index contributed by atoms with van der Waals surface area (Å²) in [5.41, 5.74) is 1.82. The number of carbonyl (C=O) groups excluding carboxylic acids is 1. The molecule has 0 bridgehead atoms. The zero-order valence-electron chi connectivity index (χ0n) is 12.6. The van der Waals surface area contributed by atoms with Gasteiger partial charge in [-0.1, -0.05) is 30.3 Å². The molecule has 0 aromatic heterocycles. The van der Waals surface area contributed by atoms with Gasteiger partial charge >= 0.3 is 0 Å². The molecule has 3 nitrogen and oxygen atoms in total. The van der Waals surface area contributed by atoms with Crippen LogP contribution < -0.4 is 5.32 Å². The van der Waals surface area contributed by atoms with Crippen molar-refractivity contribution in [2.24, 2.45) is 0 Å². The van der Waals surface area contributed by atoms with Crippen molar-refractivity contribution in [1.29, 1.82) is 0 Å². The summed E-state index contributed by atoms with van der Waals surface area (Å²) in [4.78, 5) is 14.7. The summed E-state index contributed by atoms with van der Waals surface area (Å²) in [6, 6.07) is 14.7. The largest absolute Gasteiger partial charge is 0.348 e. The van der Waals surface area contributed by atoms with Gasteiger partial charge in [0.1, 0.15) is 5.82 Å². The third-order valence-electron chi connectivity index (χ3n) is 4.03. The van der Waals surface area contributed by atoms with E-state index < -0.39 is 0 Å². The molecule has 2 aromatic carbocycles. The fourth-order valence-corrected chi connectivity index (χ4v) is 3.59. The van der Waals surface area contributed by atoms with E-state index in [0.717, 1.165) is 26.1 Å². The van der Waals surface area contributed by atoms with E-state index in [1.807, 2.05) is 40.8 Å². The predicted molar refractivity (Wildman–Crippen MR) is 96.7 cm³/mol. The molecular formula is C18H18FIN2O. The minimum absolute atomic E-state index is 0.124. The van der Waals surface area contributed by atoms with Crippen molar-refractivity contribution in [2.45, 2.75) is 19.0 Å². The predicted octanol–water partition coefficient (Wildman–Crippen LogP) is 3.43. The van der Waals surface area contributed by atoms with Gasteiger partial charge in [-0.2, -0.15) is 0 Å². The van der Waals surface area contributed by atoms with Gasteiger partial charge in [-0.15, -0.1) is 0 Å². The summed E-state index contributed by atoms with van der Waals surface area (Å²) in [5.74, 6) is -0.443. The van der Waals surface area contributed by atoms with E-state index in [4.69, 9.17) is 0 Å². The normalized spacial score (nSPS) is 18.1. The van der Waals surface area contributed by atoms with Crippen molar-refractivity contribution in [3.8, 4) is 0 Å². The molecule has 1 amide bonds. The van der Waals surface area contributed by atoms with Crippen LogP contribution in [0, 0.1) is 9.39 Å². The second-order valence-corrected chi connectivity index (χ2v) is 6.97. The second-order valence-electron chi connectivity index (χ2n) is 5.80. The number of likely N-dealkylation sites (tertiary alicyclic amines) is 1. The van der Waals surface area contributed by atoms with E-state index in [1.54, 1.807) is 6.07 Å². The Morgan fingerprint density at radius 1 is 1.26 bits per heavy atom. The molecule has 120 valence electrons. The van der Waals surface area contributed by atoms with Gasteiger partial charge in [-0.25, -0.2) is 4.39 Å². The van der Waals surface area contributed by atoms with Gasteiger partial charge in [0.2, 0.25) is 0 Å². The Hall–Kier alpha value is -1.47. The van der Waals surface area contributed by atoms with Gasteiger partial charge in [0.05, 0.1) is 5.56 Å². The number of rotatable bonds is 4. The third kappa shape index (κ3) is 4.29. The molecule has 1 aliphatic rings. The van der Waals surface area contributed by atoms with Crippen LogP contribution >= 0.6 is 22.6 Å². The third-order valence-corrected chi connectivity index (χ3v) is 4.92. The van der Waals surface area contributed by atoms with Crippen molar-refractivity contribution < 1.29 is 9.18 Å². The van der Waals surface area contributed by atoms with Crippen LogP contribution in [0.5, 0.6) is 0 Å². The molecule has 0 radical (unpaired) electrons. The Kier molecular flexibility index (Phi) is 5.27. The van der Waals surface area contributed by atoms with Gasteiger partial charge in [0, 0.05) is 29.2 Å². The molecule has 0 saturated carbocycles. The first-order chi connectivity index (χ1) is 11.1. The summed E-state index contributed by atoms with van der Waals surface area (Å²) < 4.78 is 13.8. The van der Waals surface area contributed by atoms with Crippen LogP contribution in [-0.2, 0) is 6.54 Å². The Morgan fingerprint density at radius 3 is 2.78 bits per heavy atom. The topological polar surface area (TPSA) is 32.3 Å². The van der Waals surface area contributed by atoms with E-state index in [2.05, 4.69) is 22.3 Å². The maximum Gasteiger partial charge on any atom is 0.252 e. The summed E-state index contributed by atoms with van der Waals surface area (Å²) in [7, 11) is 0. The number of nitrogens with zero attached hydrogens (tertiary/aromatic N) is 1. The van der Waals surface area contributed by atoms with Crippen molar-refractivity contribution >= 4 is 28.5 Å². The van der Waals surface area contributed by atoms with Crippen LogP contribution in [0.25, 0.3) is 0 Å². The molecule has 1 N–H and O–H groups in total. The van der Waals surface area contributed by atoms with Crippen LogP contribution in [0.4, 0.5) is 4.39 Å². The first-order valence-corrected chi connectivity index (χ1v) is 8.72. The highest BCUT2D eigenvalue weighted by Crippen LogP contribution is 2.17. The number of nitrogens with one attached hydrogen (secondary N) is 1. The Morgan fingerprint density at radius 2 is 2.04 bits per heavy atom. The summed E-state index contributed by atoms with van der Waals surface area (Å²) in [6.07, 6.45) is 0.941. The molecule has 0 spiro atoms. The Labute approximate surface area is 149 Å². The van der Waals surface area contributed by atoms with Crippen LogP contribution in [0.1, 0.15) is 22.3 Å². The summed E-state index contributed by atoms with van der Waals surface area (Å²) >= 11 is 2.00. The number of benzene rings is 2. The molecular weight excluding hydrogens is 406 g/mol. The zero-order valence-corrected chi connectivity index (χ0v) is 14.8. The van der Waals surface area contributed by atoms with Crippen molar-refractivity contribution in [3.63, 3.8) is 0 Å². The Balaban J connectivity index is 1.56. The highest BCUT2D eigenvalue weighted by atomic mass is 127. The highest BCUT2D eigenvalue weighted by molar-refractivity contribution is 14.1. The molecule has 1 heterocycles. The quantitative estimate of drug-likeness (QED) is 0.763. The standard InChI is InChI=1S/C18H18FIN2O/c19-14-6-7-16(17(20)10-14)18(23)21-15-8-9-22(12-15)11-13-4-2-1-3-5-13/h1-7,10,15H,8-9,11-12H2,(H,21,23). The van der Waals surface area contributed by atoms with Gasteiger partial charge in [-0.3, -0.25) is 9.69 Å². The molecule has 2 aromatic rings. The van der Waals surface area contributed by atoms with E-state index >= 15 is 0 Å². The molecule has 3 rings (SSSR count). The lowest BCUT2D eigenvalue weighted by Gasteiger charge is -2.17. The molecule has 5 heteroatoms. The number of halogens is 2. The average Bonchev–Trinajstić information content (AvgIpc) is 2.95. The maximum absolute atomic E-state index is 13.1. The Bertz CT molecular complexity index is 693. The molecule has 1 atom stereocenters. The first kappa shape index (κ1) is 16.4. The number of hydrogen-bond donors (Lipinski definition) is 1. The zero-order chi connectivity index (χ0) is 16.2. The minimum Gasteiger partial charge on any atom is -0.348 e. The van der Waals surface area contributed by atoms with Gasteiger partial charge < -0.3 is 5.32 Å². The number of amides is 1. The lowest BCUT2D eigenvalue weighted by Crippen LogP contribution is -2.37. The fourth-order valence-electron chi connectivity index (χ4n) is 2.87. The van der Waals surface area contributed by atoms with Gasteiger partial charge in [0.25, 0.3) is 5.91 Å². The SMILES string of the molecule is O=C(NC1CCN(Cc2ccccc2)C1)c1ccc(F)cc1I. The maximum atomic E-state index is 13.1. The molecule has 0 aliphatic carbocycles. The summed E-state index contributed by atoms with van der Waals surface area (Å²) in [5, 5.41) is 3.06. The van der Waals surface area contributed by atoms with Gasteiger partial charge in [0.15, 0.2) is 0 Å². The molecule has 1 unspecified atom stereocenters. The van der Waals surface area contributed by atoms with E-state index in [9.17, 15) is 9.18 Å². The lowest BCUT2D eigenvalue weighted by atomic mass is 10.2. The smallest absolute Gasteiger partial charge is 0.252 e. The van der Waals surface area contributed by atoms with Crippen molar-refractivity contribution in [1.82, 2.24) is 10.2 Å². The summed E-state index contributed by atoms with van der Waals surface area (Å²) in [6.45, 7) is 2.72. The van der Waals surface area contributed by atoms with E-state index in [1.165, 1.54) is 17.7 Å². The molecule has 1 fully saturated rings. The van der Waals surface area contributed by atoms with E-state index in [-0.39, 0.29) is 17.8 Å². The average molecular weight is 424 g/mol. The van der Waals surface area contributed by atoms with Crippen LogP contribution in [0.2, 0.25) is 0 Å². The molecule has 23 heavy (non-hydrogen) atoms.